The van der Waals surface area contributed by atoms with Crippen molar-refractivity contribution in [2.75, 3.05) is 0 Å². The lowest BCUT2D eigenvalue weighted by molar-refractivity contribution is 0.0505. The van der Waals surface area contributed by atoms with Crippen molar-refractivity contribution >= 4 is 6.09 Å². The Kier molecular flexibility index (Phi) is 5.45. The molecule has 6 nitrogen and oxygen atoms in total. The average molecular weight is 309 g/mol. The van der Waals surface area contributed by atoms with Crippen LogP contribution in [-0.4, -0.2) is 28.8 Å². The number of aryl methyl sites for hydroxylation is 1. The normalized spacial score (nSPS) is 21.8. The van der Waals surface area contributed by atoms with E-state index in [0.29, 0.717) is 12.6 Å². The molecule has 1 aliphatic rings. The number of nitrogens with one attached hydrogen (secondary N) is 2. The van der Waals surface area contributed by atoms with Crippen LogP contribution in [0, 0.1) is 0 Å². The van der Waals surface area contributed by atoms with Gasteiger partial charge in [-0.05, 0) is 40.0 Å². The van der Waals surface area contributed by atoms with E-state index in [1.165, 1.54) is 0 Å². The summed E-state index contributed by atoms with van der Waals surface area (Å²) in [5, 5.41) is 6.38. The van der Waals surface area contributed by atoms with E-state index in [1.54, 1.807) is 6.20 Å². The fraction of sp³-hybridized carbons (Fsp3) is 0.750. The van der Waals surface area contributed by atoms with E-state index in [2.05, 4.69) is 15.6 Å². The Labute approximate surface area is 132 Å². The van der Waals surface area contributed by atoms with Crippen LogP contribution >= 0.6 is 0 Å². The van der Waals surface area contributed by atoms with Crippen molar-refractivity contribution in [3.63, 3.8) is 0 Å². The molecule has 1 amide bonds. The quantitative estimate of drug-likeness (QED) is 0.874. The summed E-state index contributed by atoms with van der Waals surface area (Å²) < 4.78 is 10.9. The van der Waals surface area contributed by atoms with E-state index in [4.69, 9.17) is 9.15 Å². The molecular formula is C16H27N3O3. The van der Waals surface area contributed by atoms with Gasteiger partial charge >= 0.3 is 6.09 Å². The highest BCUT2D eigenvalue weighted by atomic mass is 16.6. The van der Waals surface area contributed by atoms with Gasteiger partial charge in [-0.2, -0.15) is 0 Å². The average Bonchev–Trinajstić information content (AvgIpc) is 3.02. The second-order valence-electron chi connectivity index (χ2n) is 6.81. The smallest absolute Gasteiger partial charge is 0.407 e. The Morgan fingerprint density at radius 1 is 1.41 bits per heavy atom. The summed E-state index contributed by atoms with van der Waals surface area (Å²) in [6.45, 7) is 8.27. The van der Waals surface area contributed by atoms with Gasteiger partial charge in [0.2, 0.25) is 5.89 Å². The summed E-state index contributed by atoms with van der Waals surface area (Å²) in [6.07, 6.45) is 5.19. The fourth-order valence-electron chi connectivity index (χ4n) is 2.60. The van der Waals surface area contributed by atoms with Gasteiger partial charge in [-0.1, -0.05) is 6.92 Å². The Balaban J connectivity index is 1.70. The highest BCUT2D eigenvalue weighted by molar-refractivity contribution is 5.68. The van der Waals surface area contributed by atoms with Gasteiger partial charge in [0.1, 0.15) is 11.4 Å². The van der Waals surface area contributed by atoms with E-state index in [9.17, 15) is 4.79 Å². The first-order valence-electron chi connectivity index (χ1n) is 8.02. The third-order valence-electron chi connectivity index (χ3n) is 3.65. The molecule has 1 saturated carbocycles. The Morgan fingerprint density at radius 3 is 2.77 bits per heavy atom. The number of rotatable bonds is 5. The lowest BCUT2D eigenvalue weighted by Gasteiger charge is -2.21. The summed E-state index contributed by atoms with van der Waals surface area (Å²) in [7, 11) is 0. The second kappa shape index (κ2) is 7.13. The maximum atomic E-state index is 11.8. The molecule has 1 aromatic rings. The molecule has 1 aromatic heterocycles. The number of aromatic nitrogens is 1. The zero-order valence-electron chi connectivity index (χ0n) is 13.9. The zero-order valence-corrected chi connectivity index (χ0v) is 13.9. The first-order chi connectivity index (χ1) is 10.4. The van der Waals surface area contributed by atoms with Crippen molar-refractivity contribution in [3.8, 4) is 0 Å². The number of carbonyl (C=O) groups is 1. The van der Waals surface area contributed by atoms with Crippen LogP contribution in [0.2, 0.25) is 0 Å². The molecule has 0 radical (unpaired) electrons. The number of ether oxygens (including phenoxy) is 1. The summed E-state index contributed by atoms with van der Waals surface area (Å²) >= 11 is 0. The van der Waals surface area contributed by atoms with Crippen LogP contribution in [0.4, 0.5) is 4.79 Å². The molecule has 6 heteroatoms. The number of amides is 1. The van der Waals surface area contributed by atoms with E-state index in [-0.39, 0.29) is 12.1 Å². The van der Waals surface area contributed by atoms with Gasteiger partial charge in [0, 0.05) is 18.5 Å². The van der Waals surface area contributed by atoms with Gasteiger partial charge in [0.25, 0.3) is 0 Å². The molecule has 0 aliphatic heterocycles. The predicted molar refractivity (Wildman–Crippen MR) is 83.5 cm³/mol. The molecule has 1 heterocycles. The molecule has 2 rings (SSSR count). The number of hydrogen-bond acceptors (Lipinski definition) is 5. The fourth-order valence-corrected chi connectivity index (χ4v) is 2.60. The van der Waals surface area contributed by atoms with Crippen molar-refractivity contribution in [3.05, 3.63) is 17.8 Å². The molecule has 2 atom stereocenters. The van der Waals surface area contributed by atoms with Crippen molar-refractivity contribution in [1.82, 2.24) is 15.6 Å². The van der Waals surface area contributed by atoms with Crippen LogP contribution in [0.15, 0.2) is 10.6 Å². The van der Waals surface area contributed by atoms with E-state index >= 15 is 0 Å². The Morgan fingerprint density at radius 2 is 2.14 bits per heavy atom. The molecule has 0 saturated heterocycles. The van der Waals surface area contributed by atoms with Crippen molar-refractivity contribution < 1.29 is 13.9 Å². The van der Waals surface area contributed by atoms with E-state index in [0.717, 1.165) is 37.3 Å². The molecule has 22 heavy (non-hydrogen) atoms. The molecule has 2 unspecified atom stereocenters. The number of oxazole rings is 1. The molecule has 0 bridgehead atoms. The van der Waals surface area contributed by atoms with E-state index < -0.39 is 5.60 Å². The Bertz CT molecular complexity index is 493. The van der Waals surface area contributed by atoms with Crippen molar-refractivity contribution in [1.29, 1.82) is 0 Å². The van der Waals surface area contributed by atoms with Crippen LogP contribution in [-0.2, 0) is 17.7 Å². The molecule has 0 aromatic carbocycles. The molecule has 2 N–H and O–H groups in total. The highest BCUT2D eigenvalue weighted by Crippen LogP contribution is 2.20. The number of hydrogen-bond donors (Lipinski definition) is 2. The van der Waals surface area contributed by atoms with Gasteiger partial charge < -0.3 is 19.8 Å². The van der Waals surface area contributed by atoms with Crippen molar-refractivity contribution in [2.24, 2.45) is 0 Å². The Hall–Kier alpha value is -1.56. The van der Waals surface area contributed by atoms with Gasteiger partial charge in [-0.25, -0.2) is 9.78 Å². The molecule has 0 spiro atoms. The monoisotopic (exact) mass is 309 g/mol. The number of nitrogens with zero attached hydrogens (tertiary/aromatic N) is 1. The van der Waals surface area contributed by atoms with Crippen molar-refractivity contribution in [2.45, 2.75) is 77.6 Å². The number of alkyl carbamates (subject to hydrolysis) is 1. The van der Waals surface area contributed by atoms with Crippen LogP contribution in [0.1, 0.15) is 58.6 Å². The molecule has 1 aliphatic carbocycles. The number of carbonyl (C=O) groups excluding carboxylic acids is 1. The summed E-state index contributed by atoms with van der Waals surface area (Å²) in [6, 6.07) is 0.542. The summed E-state index contributed by atoms with van der Waals surface area (Å²) in [5.41, 5.74) is -0.456. The van der Waals surface area contributed by atoms with Crippen LogP contribution < -0.4 is 10.6 Å². The van der Waals surface area contributed by atoms with Gasteiger partial charge in [0.15, 0.2) is 0 Å². The highest BCUT2D eigenvalue weighted by Gasteiger charge is 2.27. The van der Waals surface area contributed by atoms with Gasteiger partial charge in [0.05, 0.1) is 12.7 Å². The third kappa shape index (κ3) is 5.33. The first kappa shape index (κ1) is 16.8. The largest absolute Gasteiger partial charge is 0.444 e. The minimum Gasteiger partial charge on any atom is -0.444 e. The predicted octanol–water partition coefficient (Wildman–Crippen LogP) is 2.77. The maximum Gasteiger partial charge on any atom is 0.407 e. The molecular weight excluding hydrogens is 282 g/mol. The SMILES string of the molecule is CCc1cnc(CNC2CCC(NC(=O)OC(C)(C)C)C2)o1. The van der Waals surface area contributed by atoms with Gasteiger partial charge in [-0.3, -0.25) is 0 Å². The van der Waals surface area contributed by atoms with Crippen LogP contribution in [0.25, 0.3) is 0 Å². The summed E-state index contributed by atoms with van der Waals surface area (Å²) in [5.74, 6) is 1.63. The van der Waals surface area contributed by atoms with Gasteiger partial charge in [-0.15, -0.1) is 0 Å². The van der Waals surface area contributed by atoms with Crippen LogP contribution in [0.5, 0.6) is 0 Å². The standard InChI is InChI=1S/C16H27N3O3/c1-5-13-9-18-14(21-13)10-17-11-6-7-12(8-11)19-15(20)22-16(2,3)4/h9,11-12,17H,5-8,10H2,1-4H3,(H,19,20). The zero-order chi connectivity index (χ0) is 16.2. The lowest BCUT2D eigenvalue weighted by atomic mass is 10.2. The maximum absolute atomic E-state index is 11.8. The topological polar surface area (TPSA) is 76.4 Å². The second-order valence-corrected chi connectivity index (χ2v) is 6.81. The first-order valence-corrected chi connectivity index (χ1v) is 8.02. The molecule has 124 valence electrons. The lowest BCUT2D eigenvalue weighted by Crippen LogP contribution is -2.38. The van der Waals surface area contributed by atoms with E-state index in [1.807, 2.05) is 27.7 Å². The minimum absolute atomic E-state index is 0.170. The van der Waals surface area contributed by atoms with Crippen LogP contribution in [0.3, 0.4) is 0 Å². The third-order valence-corrected chi connectivity index (χ3v) is 3.65. The summed E-state index contributed by atoms with van der Waals surface area (Å²) in [4.78, 5) is 16.0. The minimum atomic E-state index is -0.456. The molecule has 1 fully saturated rings.